The number of hydrogen-bond acceptors (Lipinski definition) is 4. The second kappa shape index (κ2) is 5.88. The van der Waals surface area contributed by atoms with Gasteiger partial charge in [-0.1, -0.05) is 31.2 Å². The smallest absolute Gasteiger partial charge is 0.326 e. The fourth-order valence-electron chi connectivity index (χ4n) is 2.67. The van der Waals surface area contributed by atoms with Crippen LogP contribution >= 0.6 is 11.3 Å². The molecule has 1 aromatic heterocycles. The van der Waals surface area contributed by atoms with Crippen molar-refractivity contribution in [1.29, 1.82) is 0 Å². The van der Waals surface area contributed by atoms with Gasteiger partial charge in [0, 0.05) is 13.0 Å². The summed E-state index contributed by atoms with van der Waals surface area (Å²) in [5, 5.41) is 10.4. The van der Waals surface area contributed by atoms with Crippen LogP contribution in [0.5, 0.6) is 0 Å². The molecular formula is C16H16N2O3S. The van der Waals surface area contributed by atoms with Crippen LogP contribution in [-0.2, 0) is 24.2 Å². The zero-order chi connectivity index (χ0) is 15.7. The largest absolute Gasteiger partial charge is 0.480 e. The number of aryl methyl sites for hydroxylation is 1. The van der Waals surface area contributed by atoms with E-state index in [0.717, 1.165) is 22.6 Å². The zero-order valence-electron chi connectivity index (χ0n) is 12.2. The molecule has 0 spiro atoms. The van der Waals surface area contributed by atoms with Gasteiger partial charge >= 0.3 is 5.97 Å². The molecule has 2 aromatic rings. The SMILES string of the molecule is CCc1ncc(C(=O)N2Cc3ccccc3CC2C(=O)O)s1. The quantitative estimate of drug-likeness (QED) is 0.943. The van der Waals surface area contributed by atoms with Gasteiger partial charge in [-0.2, -0.15) is 0 Å². The third-order valence-electron chi connectivity index (χ3n) is 3.86. The van der Waals surface area contributed by atoms with Crippen molar-refractivity contribution in [2.45, 2.75) is 32.4 Å². The van der Waals surface area contributed by atoms with Crippen LogP contribution in [0.15, 0.2) is 30.5 Å². The lowest BCUT2D eigenvalue weighted by Crippen LogP contribution is -2.48. The van der Waals surface area contributed by atoms with Gasteiger partial charge in [0.05, 0.1) is 11.2 Å². The van der Waals surface area contributed by atoms with Crippen molar-refractivity contribution in [2.75, 3.05) is 0 Å². The molecule has 5 nitrogen and oxygen atoms in total. The molecule has 22 heavy (non-hydrogen) atoms. The van der Waals surface area contributed by atoms with Crippen molar-refractivity contribution >= 4 is 23.2 Å². The van der Waals surface area contributed by atoms with Crippen LogP contribution in [0.1, 0.15) is 32.7 Å². The topological polar surface area (TPSA) is 70.5 Å². The molecule has 1 amide bonds. The van der Waals surface area contributed by atoms with E-state index in [2.05, 4.69) is 4.98 Å². The molecule has 0 saturated carbocycles. The second-order valence-corrected chi connectivity index (χ2v) is 6.35. The molecule has 1 aromatic carbocycles. The van der Waals surface area contributed by atoms with Crippen molar-refractivity contribution in [3.63, 3.8) is 0 Å². The lowest BCUT2D eigenvalue weighted by Gasteiger charge is -2.34. The zero-order valence-corrected chi connectivity index (χ0v) is 13.0. The lowest BCUT2D eigenvalue weighted by molar-refractivity contribution is -0.142. The highest BCUT2D eigenvalue weighted by Gasteiger charge is 2.35. The van der Waals surface area contributed by atoms with Crippen molar-refractivity contribution in [3.05, 3.63) is 51.5 Å². The van der Waals surface area contributed by atoms with Gasteiger partial charge in [0.2, 0.25) is 0 Å². The Morgan fingerprint density at radius 3 is 2.73 bits per heavy atom. The molecule has 0 fully saturated rings. The lowest BCUT2D eigenvalue weighted by atomic mass is 9.94. The van der Waals surface area contributed by atoms with Crippen molar-refractivity contribution in [1.82, 2.24) is 9.88 Å². The third-order valence-corrected chi connectivity index (χ3v) is 4.99. The molecule has 6 heteroatoms. The highest BCUT2D eigenvalue weighted by atomic mass is 32.1. The molecule has 0 bridgehead atoms. The van der Waals surface area contributed by atoms with E-state index in [1.807, 2.05) is 31.2 Å². The number of carboxylic acid groups (broad SMARTS) is 1. The predicted octanol–water partition coefficient (Wildman–Crippen LogP) is 2.36. The van der Waals surface area contributed by atoms with Crippen molar-refractivity contribution in [3.8, 4) is 0 Å². The minimum absolute atomic E-state index is 0.251. The summed E-state index contributed by atoms with van der Waals surface area (Å²) in [5.74, 6) is -1.22. The highest BCUT2D eigenvalue weighted by Crippen LogP contribution is 2.26. The molecule has 1 unspecified atom stereocenters. The number of carbonyl (C=O) groups excluding carboxylic acids is 1. The third kappa shape index (κ3) is 2.62. The Labute approximate surface area is 132 Å². The second-order valence-electron chi connectivity index (χ2n) is 5.23. The number of nitrogens with zero attached hydrogens (tertiary/aromatic N) is 2. The van der Waals surface area contributed by atoms with Gasteiger partial charge in [-0.05, 0) is 17.5 Å². The van der Waals surface area contributed by atoms with Gasteiger partial charge in [-0.3, -0.25) is 4.79 Å². The Kier molecular flexibility index (Phi) is 3.94. The minimum Gasteiger partial charge on any atom is -0.480 e. The molecule has 0 saturated heterocycles. The predicted molar refractivity (Wildman–Crippen MR) is 82.9 cm³/mol. The molecule has 1 aliphatic heterocycles. The summed E-state index contributed by atoms with van der Waals surface area (Å²) >= 11 is 1.33. The van der Waals surface area contributed by atoms with Gasteiger partial charge in [0.1, 0.15) is 10.9 Å². The van der Waals surface area contributed by atoms with E-state index in [1.54, 1.807) is 6.20 Å². The molecule has 2 heterocycles. The molecule has 114 valence electrons. The fourth-order valence-corrected chi connectivity index (χ4v) is 3.48. The Morgan fingerprint density at radius 1 is 1.36 bits per heavy atom. The summed E-state index contributed by atoms with van der Waals surface area (Å²) in [7, 11) is 0. The van der Waals surface area contributed by atoms with E-state index in [1.165, 1.54) is 16.2 Å². The van der Waals surface area contributed by atoms with Crippen LogP contribution in [0.2, 0.25) is 0 Å². The average Bonchev–Trinajstić information content (AvgIpc) is 3.02. The summed E-state index contributed by atoms with van der Waals surface area (Å²) in [6, 6.07) is 6.85. The number of carboxylic acids is 1. The average molecular weight is 316 g/mol. The van der Waals surface area contributed by atoms with Crippen LogP contribution in [0.25, 0.3) is 0 Å². The number of benzene rings is 1. The summed E-state index contributed by atoms with van der Waals surface area (Å²) in [5.41, 5.74) is 2.01. The van der Waals surface area contributed by atoms with E-state index in [4.69, 9.17) is 0 Å². The minimum atomic E-state index is -0.969. The van der Waals surface area contributed by atoms with Gasteiger partial charge in [-0.25, -0.2) is 9.78 Å². The summed E-state index contributed by atoms with van der Waals surface area (Å²) in [4.78, 5) is 30.4. The first-order valence-electron chi connectivity index (χ1n) is 7.15. The number of hydrogen-bond donors (Lipinski definition) is 1. The van der Waals surface area contributed by atoms with E-state index in [0.29, 0.717) is 17.8 Å². The summed E-state index contributed by atoms with van der Waals surface area (Å²) < 4.78 is 0. The van der Waals surface area contributed by atoms with Crippen LogP contribution in [-0.4, -0.2) is 32.9 Å². The molecular weight excluding hydrogens is 300 g/mol. The number of rotatable bonds is 3. The van der Waals surface area contributed by atoms with Gasteiger partial charge in [0.15, 0.2) is 0 Å². The number of aromatic nitrogens is 1. The van der Waals surface area contributed by atoms with Crippen LogP contribution in [0.3, 0.4) is 0 Å². The van der Waals surface area contributed by atoms with Crippen LogP contribution in [0.4, 0.5) is 0 Å². The first-order chi connectivity index (χ1) is 10.6. The van der Waals surface area contributed by atoms with Crippen LogP contribution < -0.4 is 0 Å². The number of thiazole rings is 1. The summed E-state index contributed by atoms with van der Waals surface area (Å²) in [6.07, 6.45) is 2.66. The van der Waals surface area contributed by atoms with Gasteiger partial charge in [0.25, 0.3) is 5.91 Å². The van der Waals surface area contributed by atoms with Crippen molar-refractivity contribution < 1.29 is 14.7 Å². The standard InChI is InChI=1S/C16H16N2O3S/c1-2-14-17-8-13(22-14)15(19)18-9-11-6-4-3-5-10(11)7-12(18)16(20)21/h3-6,8,12H,2,7,9H2,1H3,(H,20,21). The number of fused-ring (bicyclic) bond motifs is 1. The Bertz CT molecular complexity index is 726. The molecule has 0 radical (unpaired) electrons. The maximum Gasteiger partial charge on any atom is 0.326 e. The number of amides is 1. The van der Waals surface area contributed by atoms with E-state index in [9.17, 15) is 14.7 Å². The Morgan fingerprint density at radius 2 is 2.09 bits per heavy atom. The Balaban J connectivity index is 1.93. The summed E-state index contributed by atoms with van der Waals surface area (Å²) in [6.45, 7) is 2.30. The number of carbonyl (C=O) groups is 2. The fraction of sp³-hybridized carbons (Fsp3) is 0.312. The van der Waals surface area contributed by atoms with E-state index < -0.39 is 12.0 Å². The molecule has 1 atom stereocenters. The van der Waals surface area contributed by atoms with Gasteiger partial charge in [-0.15, -0.1) is 11.3 Å². The van der Waals surface area contributed by atoms with Gasteiger partial charge < -0.3 is 10.0 Å². The maximum atomic E-state index is 12.7. The molecule has 3 rings (SSSR count). The Hall–Kier alpha value is -2.21. The maximum absolute atomic E-state index is 12.7. The highest BCUT2D eigenvalue weighted by molar-refractivity contribution is 7.13. The van der Waals surface area contributed by atoms with E-state index in [-0.39, 0.29) is 5.91 Å². The van der Waals surface area contributed by atoms with E-state index >= 15 is 0 Å². The van der Waals surface area contributed by atoms with Crippen molar-refractivity contribution in [2.24, 2.45) is 0 Å². The van der Waals surface area contributed by atoms with Crippen LogP contribution in [0, 0.1) is 0 Å². The molecule has 1 N–H and O–H groups in total. The first-order valence-corrected chi connectivity index (χ1v) is 7.97. The normalized spacial score (nSPS) is 17.1. The molecule has 0 aliphatic carbocycles. The molecule has 1 aliphatic rings. The monoisotopic (exact) mass is 316 g/mol. The number of aliphatic carboxylic acids is 1. The first kappa shape index (κ1) is 14.7.